The van der Waals surface area contributed by atoms with Crippen LogP contribution in [-0.2, 0) is 19.2 Å². The molecule has 14 heteroatoms. The first-order chi connectivity index (χ1) is 15.2. The average Bonchev–Trinajstić information content (AvgIpc) is 3.20. The number of fused-ring (bicyclic) bond motifs is 1. The van der Waals surface area contributed by atoms with Crippen molar-refractivity contribution >= 4 is 57.3 Å². The van der Waals surface area contributed by atoms with Crippen molar-refractivity contribution in [3.63, 3.8) is 0 Å². The largest absolute Gasteiger partial charge is 0.477 e. The van der Waals surface area contributed by atoms with E-state index in [-0.39, 0.29) is 44.7 Å². The van der Waals surface area contributed by atoms with Crippen molar-refractivity contribution in [3.05, 3.63) is 48.3 Å². The molecule has 32 heavy (non-hydrogen) atoms. The molecule has 4 N–H and O–H groups in total. The van der Waals surface area contributed by atoms with Gasteiger partial charge in [0, 0.05) is 27.8 Å². The molecular weight excluding hydrogens is 462 g/mol. The molecule has 2 amide bonds. The van der Waals surface area contributed by atoms with E-state index in [1.165, 1.54) is 31.2 Å². The third-order valence-electron chi connectivity index (χ3n) is 5.07. The van der Waals surface area contributed by atoms with E-state index in [0.717, 1.165) is 16.2 Å². The summed E-state index contributed by atoms with van der Waals surface area (Å²) >= 11 is 2.26. The van der Waals surface area contributed by atoms with Crippen LogP contribution >= 0.6 is 23.1 Å². The van der Waals surface area contributed by atoms with Gasteiger partial charge in [0.2, 0.25) is 10.9 Å². The van der Waals surface area contributed by atoms with Gasteiger partial charge in [0.15, 0.2) is 10.8 Å². The Hall–Kier alpha value is -3.52. The Balaban J connectivity index is 1.60. The highest BCUT2D eigenvalue weighted by atomic mass is 32.2. The lowest BCUT2D eigenvalue weighted by molar-refractivity contribution is -0.149. The molecule has 1 aromatic heterocycles. The molecule has 2 atom stereocenters. The van der Waals surface area contributed by atoms with Gasteiger partial charge in [-0.05, 0) is 6.92 Å². The third-order valence-corrected chi connectivity index (χ3v) is 7.02. The Morgan fingerprint density at radius 2 is 2.06 bits per heavy atom. The number of oxime groups is 1. The minimum Gasteiger partial charge on any atom is -0.477 e. The monoisotopic (exact) mass is 477 g/mol. The smallest absolute Gasteiger partial charge is 0.352 e. The molecule has 2 aliphatic rings. The van der Waals surface area contributed by atoms with Crippen LogP contribution in [0.25, 0.3) is 5.57 Å². The van der Waals surface area contributed by atoms with Crippen molar-refractivity contribution in [1.82, 2.24) is 15.2 Å². The number of nitrogens with one attached hydrogen (secondary N) is 1. The number of carboxylic acid groups (broad SMARTS) is 1. The van der Waals surface area contributed by atoms with Gasteiger partial charge in [0.05, 0.1) is 0 Å². The van der Waals surface area contributed by atoms with E-state index in [9.17, 15) is 29.1 Å². The van der Waals surface area contributed by atoms with Crippen LogP contribution in [0.5, 0.6) is 0 Å². The van der Waals surface area contributed by atoms with Crippen molar-refractivity contribution in [2.45, 2.75) is 18.3 Å². The normalized spacial score (nSPS) is 20.8. The molecule has 4 rings (SSSR count). The molecule has 1 aromatic carbocycles. The first-order valence-electron chi connectivity index (χ1n) is 9.02. The van der Waals surface area contributed by atoms with Crippen molar-refractivity contribution < 1.29 is 24.3 Å². The van der Waals surface area contributed by atoms with E-state index in [0.29, 0.717) is 0 Å². The predicted molar refractivity (Wildman–Crippen MR) is 116 cm³/mol. The van der Waals surface area contributed by atoms with E-state index in [1.54, 1.807) is 0 Å². The summed E-state index contributed by atoms with van der Waals surface area (Å²) in [6.07, 6.45) is 0. The number of amides is 2. The molecule has 2 aromatic rings. The number of β-lactam (4-membered cyclic amide) rings is 1. The summed E-state index contributed by atoms with van der Waals surface area (Å²) in [5.41, 5.74) is 4.09. The average molecular weight is 477 g/mol. The molecule has 1 fully saturated rings. The molecule has 3 heterocycles. The van der Waals surface area contributed by atoms with Crippen LogP contribution in [0.15, 0.2) is 25.8 Å². The second-order valence-corrected chi connectivity index (χ2v) is 8.84. The molecule has 1 saturated heterocycles. The van der Waals surface area contributed by atoms with Crippen molar-refractivity contribution in [3.8, 4) is 0 Å². The number of rotatable bonds is 6. The maximum Gasteiger partial charge on any atom is 0.352 e. The second-order valence-electron chi connectivity index (χ2n) is 6.84. The Bertz CT molecular complexity index is 1300. The number of nitrogens with zero attached hydrogens (tertiary/aromatic N) is 3. The molecule has 166 valence electrons. The van der Waals surface area contributed by atoms with Gasteiger partial charge in [0.25, 0.3) is 11.8 Å². The number of carboxylic acids is 1. The van der Waals surface area contributed by atoms with Crippen LogP contribution in [0.1, 0.15) is 16.8 Å². The number of carbonyl (C=O) groups is 3. The van der Waals surface area contributed by atoms with Crippen LogP contribution < -0.4 is 21.9 Å². The van der Waals surface area contributed by atoms with Gasteiger partial charge in [-0.25, -0.2) is 9.78 Å². The maximum atomic E-state index is 12.8. The molecule has 2 aliphatic heterocycles. The molecule has 12 nitrogen and oxygen atoms in total. The van der Waals surface area contributed by atoms with Gasteiger partial charge in [-0.1, -0.05) is 5.16 Å². The summed E-state index contributed by atoms with van der Waals surface area (Å²) in [6.45, 7) is 1.44. The lowest BCUT2D eigenvalue weighted by Gasteiger charge is -2.49. The van der Waals surface area contributed by atoms with Crippen LogP contribution in [0.3, 0.4) is 0 Å². The quantitative estimate of drug-likeness (QED) is 0.199. The maximum absolute atomic E-state index is 12.8. The molecule has 0 spiro atoms. The van der Waals surface area contributed by atoms with Crippen LogP contribution in [0.2, 0.25) is 0 Å². The fraction of sp³-hybridized carbons (Fsp3) is 0.278. The topological polar surface area (TPSA) is 181 Å². The number of thiazole rings is 1. The first kappa shape index (κ1) is 21.7. The van der Waals surface area contributed by atoms with E-state index < -0.39 is 40.1 Å². The van der Waals surface area contributed by atoms with E-state index in [1.807, 2.05) is 0 Å². The standard InChI is InChI=1S/C18H15N5O7S2/c1-5-8(13(25)12(5)24)6-3-31-16-10(15(27)23(16)11(6)17(28)29)21-14(26)9(22-30-2)7-4-32-18(19)20-7/h4,10,16H,3H2,1-2H3,(H2,19,20)(H,21,26)(H,28,29)/b22-9-/t10?,16-/m1/s1. The van der Waals surface area contributed by atoms with Crippen LogP contribution in [0, 0.1) is 6.92 Å². The van der Waals surface area contributed by atoms with Gasteiger partial charge in [-0.15, -0.1) is 23.1 Å². The number of anilines is 1. The number of nitrogens with two attached hydrogens (primary N) is 1. The minimum absolute atomic E-state index is 0.0364. The highest BCUT2D eigenvalue weighted by molar-refractivity contribution is 8.00. The Morgan fingerprint density at radius 3 is 2.62 bits per heavy atom. The van der Waals surface area contributed by atoms with Crippen molar-refractivity contribution in [2.75, 3.05) is 18.6 Å². The van der Waals surface area contributed by atoms with E-state index >= 15 is 0 Å². The molecule has 0 bridgehead atoms. The number of thioether (sulfide) groups is 1. The van der Waals surface area contributed by atoms with E-state index in [4.69, 9.17) is 10.6 Å². The summed E-state index contributed by atoms with van der Waals surface area (Å²) in [7, 11) is 1.24. The van der Waals surface area contributed by atoms with E-state index in [2.05, 4.69) is 15.5 Å². The number of aromatic nitrogens is 1. The molecule has 0 radical (unpaired) electrons. The van der Waals surface area contributed by atoms with Gasteiger partial charge in [-0.3, -0.25) is 24.1 Å². The van der Waals surface area contributed by atoms with Gasteiger partial charge >= 0.3 is 5.97 Å². The summed E-state index contributed by atoms with van der Waals surface area (Å²) in [6, 6.07) is -1.03. The second kappa shape index (κ2) is 7.87. The number of nitrogen functional groups attached to an aromatic ring is 1. The van der Waals surface area contributed by atoms with Crippen LogP contribution in [-0.4, -0.2) is 62.8 Å². The SMILES string of the molecule is CO/N=C(\C(=O)NC1C(=O)N2C(C(=O)O)=C(c3c(C)c(=O)c3=O)CS[C@H]12)c1csc(N)n1. The predicted octanol–water partition coefficient (Wildman–Crippen LogP) is -1.12. The fourth-order valence-corrected chi connectivity index (χ4v) is 5.48. The fourth-order valence-electron chi connectivity index (χ4n) is 3.58. The lowest BCUT2D eigenvalue weighted by Crippen LogP contribution is -2.71. The zero-order chi connectivity index (χ0) is 23.3. The Labute approximate surface area is 187 Å². The number of hydrogen-bond acceptors (Lipinski definition) is 11. The Morgan fingerprint density at radius 1 is 1.34 bits per heavy atom. The van der Waals surface area contributed by atoms with Gasteiger partial charge < -0.3 is 21.0 Å². The zero-order valence-corrected chi connectivity index (χ0v) is 18.2. The number of aliphatic carboxylic acids is 1. The third kappa shape index (κ3) is 3.18. The molecule has 0 aliphatic carbocycles. The number of carbonyl (C=O) groups excluding carboxylic acids is 2. The highest BCUT2D eigenvalue weighted by Crippen LogP contribution is 2.43. The molecule has 0 saturated carbocycles. The summed E-state index contributed by atoms with van der Waals surface area (Å²) in [5, 5.41) is 16.9. The van der Waals surface area contributed by atoms with Gasteiger partial charge in [-0.2, -0.15) is 0 Å². The molecular formula is C18H15N5O7S2. The Kier molecular flexibility index (Phi) is 5.34. The minimum atomic E-state index is -1.41. The summed E-state index contributed by atoms with van der Waals surface area (Å²) in [5.74, 6) is -2.75. The summed E-state index contributed by atoms with van der Waals surface area (Å²) < 4.78 is 0. The molecule has 1 unspecified atom stereocenters. The van der Waals surface area contributed by atoms with Crippen molar-refractivity contribution in [1.29, 1.82) is 0 Å². The number of hydrogen-bond donors (Lipinski definition) is 3. The zero-order valence-electron chi connectivity index (χ0n) is 16.6. The van der Waals surface area contributed by atoms with Crippen LogP contribution in [0.4, 0.5) is 5.13 Å². The summed E-state index contributed by atoms with van der Waals surface area (Å²) in [4.78, 5) is 70.7. The van der Waals surface area contributed by atoms with Gasteiger partial charge in [0.1, 0.15) is 29.9 Å². The van der Waals surface area contributed by atoms with Crippen molar-refractivity contribution in [2.24, 2.45) is 5.16 Å². The lowest BCUT2D eigenvalue weighted by atomic mass is 9.92. The highest BCUT2D eigenvalue weighted by Gasteiger charge is 2.55. The first-order valence-corrected chi connectivity index (χ1v) is 10.9.